The fraction of sp³-hybridized carbons (Fsp3) is 1.00. The monoisotopic (exact) mass is 200 g/mol. The summed E-state index contributed by atoms with van der Waals surface area (Å²) >= 11 is 0. The molecule has 0 aromatic carbocycles. The highest BCUT2D eigenvalue weighted by Crippen LogP contribution is 2.24. The van der Waals surface area contributed by atoms with Crippen molar-refractivity contribution in [3.05, 3.63) is 0 Å². The van der Waals surface area contributed by atoms with E-state index in [9.17, 15) is 17.6 Å². The highest BCUT2D eigenvalue weighted by Gasteiger charge is 2.41. The molecule has 0 spiro atoms. The lowest BCUT2D eigenvalue weighted by atomic mass is 9.87. The van der Waals surface area contributed by atoms with E-state index in [2.05, 4.69) is 5.32 Å². The molecule has 1 rings (SSSR count). The summed E-state index contributed by atoms with van der Waals surface area (Å²) in [5, 5.41) is 2.36. The van der Waals surface area contributed by atoms with Crippen LogP contribution in [0.4, 0.5) is 17.6 Å². The average molecular weight is 200 g/mol. The molecule has 0 bridgehead atoms. The number of hydrogen-bond donors (Lipinski definition) is 2. The smallest absolute Gasteiger partial charge is 0.319 e. The molecule has 0 heterocycles. The summed E-state index contributed by atoms with van der Waals surface area (Å²) < 4.78 is 47.9. The molecule has 0 amide bonds. The minimum Gasteiger partial charge on any atom is -0.328 e. The molecule has 3 N–H and O–H groups in total. The maximum Gasteiger partial charge on any atom is 0.319 e. The standard InChI is InChI=1S/C7H12F4N2/c8-6(9)7(10,11)3-13-5-1-4(12)2-5/h4-6,13H,1-3,12H2. The van der Waals surface area contributed by atoms with E-state index in [4.69, 9.17) is 5.73 Å². The number of nitrogens with one attached hydrogen (secondary N) is 1. The van der Waals surface area contributed by atoms with Crippen molar-refractivity contribution in [2.24, 2.45) is 5.73 Å². The van der Waals surface area contributed by atoms with Gasteiger partial charge in [-0.05, 0) is 12.8 Å². The van der Waals surface area contributed by atoms with Gasteiger partial charge >= 0.3 is 12.3 Å². The summed E-state index contributed by atoms with van der Waals surface area (Å²) in [5.74, 6) is -3.93. The molecule has 0 aromatic heterocycles. The van der Waals surface area contributed by atoms with Crippen LogP contribution in [-0.4, -0.2) is 31.0 Å². The first-order valence-electron chi connectivity index (χ1n) is 4.07. The Balaban J connectivity index is 2.18. The fourth-order valence-electron chi connectivity index (χ4n) is 1.19. The first-order chi connectivity index (χ1) is 5.92. The van der Waals surface area contributed by atoms with E-state index in [0.29, 0.717) is 12.8 Å². The SMILES string of the molecule is NC1CC(NCC(F)(F)C(F)F)C1. The highest BCUT2D eigenvalue weighted by atomic mass is 19.3. The average Bonchev–Trinajstić information content (AvgIpc) is 1.95. The van der Waals surface area contributed by atoms with Gasteiger partial charge in [0, 0.05) is 12.1 Å². The summed E-state index contributed by atoms with van der Waals surface area (Å²) in [6.45, 7) is -0.970. The lowest BCUT2D eigenvalue weighted by molar-refractivity contribution is -0.127. The van der Waals surface area contributed by atoms with Crippen LogP contribution in [0.3, 0.4) is 0 Å². The van der Waals surface area contributed by atoms with Crippen molar-refractivity contribution >= 4 is 0 Å². The summed E-state index contributed by atoms with van der Waals surface area (Å²) in [4.78, 5) is 0. The van der Waals surface area contributed by atoms with Crippen molar-refractivity contribution in [2.75, 3.05) is 6.54 Å². The Hall–Kier alpha value is -0.360. The zero-order chi connectivity index (χ0) is 10.1. The Morgan fingerprint density at radius 3 is 2.31 bits per heavy atom. The van der Waals surface area contributed by atoms with Crippen LogP contribution < -0.4 is 11.1 Å². The normalized spacial score (nSPS) is 29.1. The van der Waals surface area contributed by atoms with E-state index in [1.807, 2.05) is 0 Å². The van der Waals surface area contributed by atoms with Crippen molar-refractivity contribution in [3.8, 4) is 0 Å². The summed E-state index contributed by atoms with van der Waals surface area (Å²) in [5.41, 5.74) is 5.39. The minimum absolute atomic E-state index is 0.0256. The number of hydrogen-bond acceptors (Lipinski definition) is 2. The van der Waals surface area contributed by atoms with Crippen molar-refractivity contribution < 1.29 is 17.6 Å². The molecular formula is C7H12F4N2. The first-order valence-corrected chi connectivity index (χ1v) is 4.07. The van der Waals surface area contributed by atoms with E-state index in [1.54, 1.807) is 0 Å². The quantitative estimate of drug-likeness (QED) is 0.663. The molecule has 0 saturated heterocycles. The van der Waals surface area contributed by atoms with Gasteiger partial charge in [0.1, 0.15) is 0 Å². The van der Waals surface area contributed by atoms with Gasteiger partial charge in [0.05, 0.1) is 6.54 Å². The predicted molar refractivity (Wildman–Crippen MR) is 40.0 cm³/mol. The molecule has 13 heavy (non-hydrogen) atoms. The van der Waals surface area contributed by atoms with E-state index in [-0.39, 0.29) is 12.1 Å². The van der Waals surface area contributed by atoms with Crippen LogP contribution in [0.15, 0.2) is 0 Å². The maximum absolute atomic E-state index is 12.3. The first kappa shape index (κ1) is 10.7. The van der Waals surface area contributed by atoms with E-state index in [0.717, 1.165) is 0 Å². The molecule has 1 aliphatic rings. The van der Waals surface area contributed by atoms with E-state index < -0.39 is 18.9 Å². The van der Waals surface area contributed by atoms with Gasteiger partial charge in [-0.25, -0.2) is 8.78 Å². The molecule has 6 heteroatoms. The zero-order valence-corrected chi connectivity index (χ0v) is 6.94. The van der Waals surface area contributed by atoms with E-state index >= 15 is 0 Å². The predicted octanol–water partition coefficient (Wildman–Crippen LogP) is 0.966. The number of rotatable bonds is 4. The summed E-state index contributed by atoms with van der Waals surface area (Å²) in [6, 6.07) is -0.0997. The minimum atomic E-state index is -3.93. The molecular weight excluding hydrogens is 188 g/mol. The van der Waals surface area contributed by atoms with Crippen molar-refractivity contribution in [1.82, 2.24) is 5.32 Å². The Labute approximate surface area is 73.5 Å². The number of alkyl halides is 4. The van der Waals surface area contributed by atoms with Crippen LogP contribution in [0.2, 0.25) is 0 Å². The Kier molecular flexibility index (Phi) is 3.13. The van der Waals surface area contributed by atoms with Crippen molar-refractivity contribution in [2.45, 2.75) is 37.3 Å². The second kappa shape index (κ2) is 3.79. The molecule has 0 unspecified atom stereocenters. The molecule has 2 nitrogen and oxygen atoms in total. The van der Waals surface area contributed by atoms with Crippen LogP contribution in [-0.2, 0) is 0 Å². The molecule has 1 saturated carbocycles. The van der Waals surface area contributed by atoms with Gasteiger partial charge in [-0.2, -0.15) is 8.78 Å². The van der Waals surface area contributed by atoms with E-state index in [1.165, 1.54) is 0 Å². The van der Waals surface area contributed by atoms with Gasteiger partial charge in [0.15, 0.2) is 0 Å². The van der Waals surface area contributed by atoms with Crippen LogP contribution >= 0.6 is 0 Å². The lowest BCUT2D eigenvalue weighted by Crippen LogP contribution is -2.52. The largest absolute Gasteiger partial charge is 0.328 e. The molecule has 0 radical (unpaired) electrons. The van der Waals surface area contributed by atoms with Gasteiger partial charge in [0.2, 0.25) is 0 Å². The molecule has 0 aromatic rings. The second-order valence-electron chi connectivity index (χ2n) is 3.37. The third kappa shape index (κ3) is 2.80. The van der Waals surface area contributed by atoms with Gasteiger partial charge in [-0.15, -0.1) is 0 Å². The number of nitrogens with two attached hydrogens (primary N) is 1. The van der Waals surface area contributed by atoms with Crippen LogP contribution in [0.5, 0.6) is 0 Å². The molecule has 0 aliphatic heterocycles. The van der Waals surface area contributed by atoms with Gasteiger partial charge in [-0.1, -0.05) is 0 Å². The van der Waals surface area contributed by atoms with Gasteiger partial charge in [-0.3, -0.25) is 0 Å². The van der Waals surface area contributed by atoms with Crippen molar-refractivity contribution in [1.29, 1.82) is 0 Å². The number of halogens is 4. The fourth-order valence-corrected chi connectivity index (χ4v) is 1.19. The van der Waals surface area contributed by atoms with Crippen LogP contribution in [0.1, 0.15) is 12.8 Å². The molecule has 78 valence electrons. The third-order valence-corrected chi connectivity index (χ3v) is 2.12. The van der Waals surface area contributed by atoms with Gasteiger partial charge < -0.3 is 11.1 Å². The maximum atomic E-state index is 12.3. The Morgan fingerprint density at radius 1 is 1.38 bits per heavy atom. The lowest BCUT2D eigenvalue weighted by Gasteiger charge is -2.34. The van der Waals surface area contributed by atoms with Crippen LogP contribution in [0.25, 0.3) is 0 Å². The summed E-state index contributed by atoms with van der Waals surface area (Å²) in [6.07, 6.45) is -2.44. The zero-order valence-electron chi connectivity index (χ0n) is 6.94. The molecule has 1 aliphatic carbocycles. The van der Waals surface area contributed by atoms with Gasteiger partial charge in [0.25, 0.3) is 0 Å². The third-order valence-electron chi connectivity index (χ3n) is 2.12. The summed E-state index contributed by atoms with van der Waals surface area (Å²) in [7, 11) is 0. The molecule has 1 fully saturated rings. The van der Waals surface area contributed by atoms with Crippen LogP contribution in [0, 0.1) is 0 Å². The van der Waals surface area contributed by atoms with Crippen molar-refractivity contribution in [3.63, 3.8) is 0 Å². The molecule has 0 atom stereocenters. The second-order valence-corrected chi connectivity index (χ2v) is 3.37. The topological polar surface area (TPSA) is 38.0 Å². The highest BCUT2D eigenvalue weighted by molar-refractivity contribution is 4.89. The Bertz CT molecular complexity index is 168. The Morgan fingerprint density at radius 2 is 1.92 bits per heavy atom.